The first kappa shape index (κ1) is 23.4. The van der Waals surface area contributed by atoms with Gasteiger partial charge in [-0.1, -0.05) is 30.3 Å². The largest absolute Gasteiger partial charge is 0.369 e. The molecule has 7 nitrogen and oxygen atoms in total. The maximum absolute atomic E-state index is 12.6. The third kappa shape index (κ3) is 6.42. The van der Waals surface area contributed by atoms with Gasteiger partial charge in [0.05, 0.1) is 4.90 Å². The Hall–Kier alpha value is -2.72. The number of para-hydroxylation sites is 1. The molecule has 0 atom stereocenters. The van der Waals surface area contributed by atoms with Crippen LogP contribution in [-0.4, -0.2) is 58.5 Å². The number of hydrogen-bond donors (Lipinski definition) is 2. The molecule has 1 aliphatic heterocycles. The maximum atomic E-state index is 12.6. The van der Waals surface area contributed by atoms with Crippen LogP contribution in [-0.2, 0) is 16.6 Å². The van der Waals surface area contributed by atoms with Crippen LogP contribution in [0.2, 0.25) is 0 Å². The molecule has 0 unspecified atom stereocenters. The van der Waals surface area contributed by atoms with Crippen molar-refractivity contribution in [2.45, 2.75) is 11.4 Å². The Morgan fingerprint density at radius 1 is 0.939 bits per heavy atom. The van der Waals surface area contributed by atoms with E-state index in [-0.39, 0.29) is 17.3 Å². The van der Waals surface area contributed by atoms with Gasteiger partial charge in [-0.15, -0.1) is 11.3 Å². The summed E-state index contributed by atoms with van der Waals surface area (Å²) in [4.78, 5) is 18.3. The van der Waals surface area contributed by atoms with E-state index in [2.05, 4.69) is 44.1 Å². The third-order valence-corrected chi connectivity index (χ3v) is 7.91. The van der Waals surface area contributed by atoms with Crippen LogP contribution < -0.4 is 14.9 Å². The second kappa shape index (κ2) is 10.9. The zero-order chi connectivity index (χ0) is 23.1. The lowest BCUT2D eigenvalue weighted by molar-refractivity contribution is 0.0947. The van der Waals surface area contributed by atoms with Crippen molar-refractivity contribution < 1.29 is 13.2 Å². The Kier molecular flexibility index (Phi) is 7.77. The van der Waals surface area contributed by atoms with Gasteiger partial charge in [-0.2, -0.15) is 0 Å². The molecule has 33 heavy (non-hydrogen) atoms. The van der Waals surface area contributed by atoms with Crippen molar-refractivity contribution in [3.05, 3.63) is 82.6 Å². The molecule has 4 rings (SSSR count). The molecule has 1 saturated heterocycles. The number of thiophene rings is 1. The van der Waals surface area contributed by atoms with Gasteiger partial charge in [-0.25, -0.2) is 13.1 Å². The first-order chi connectivity index (χ1) is 16.0. The second-order valence-corrected chi connectivity index (χ2v) is 10.7. The molecule has 0 aliphatic carbocycles. The van der Waals surface area contributed by atoms with Crippen LogP contribution in [0.15, 0.2) is 77.0 Å². The van der Waals surface area contributed by atoms with E-state index in [1.54, 1.807) is 12.1 Å². The summed E-state index contributed by atoms with van der Waals surface area (Å²) in [6, 6.07) is 20.3. The molecule has 1 aliphatic rings. The van der Waals surface area contributed by atoms with Crippen molar-refractivity contribution in [1.29, 1.82) is 0 Å². The molecule has 1 amide bonds. The minimum Gasteiger partial charge on any atom is -0.369 e. The molecule has 2 N–H and O–H groups in total. The van der Waals surface area contributed by atoms with E-state index in [9.17, 15) is 13.2 Å². The first-order valence-electron chi connectivity index (χ1n) is 10.9. The lowest BCUT2D eigenvalue weighted by atomic mass is 10.2. The third-order valence-electron chi connectivity index (χ3n) is 5.63. The summed E-state index contributed by atoms with van der Waals surface area (Å²) >= 11 is 1.49. The molecule has 2 heterocycles. The zero-order valence-electron chi connectivity index (χ0n) is 18.3. The summed E-state index contributed by atoms with van der Waals surface area (Å²) in [5.41, 5.74) is 1.58. The molecule has 9 heteroatoms. The highest BCUT2D eigenvalue weighted by molar-refractivity contribution is 7.89. The van der Waals surface area contributed by atoms with Crippen LogP contribution in [0, 0.1) is 0 Å². The number of anilines is 1. The molecule has 0 bridgehead atoms. The highest BCUT2D eigenvalue weighted by Crippen LogP contribution is 2.16. The minimum absolute atomic E-state index is 0.0868. The predicted octanol–water partition coefficient (Wildman–Crippen LogP) is 2.78. The summed E-state index contributed by atoms with van der Waals surface area (Å²) in [6.07, 6.45) is 0. The van der Waals surface area contributed by atoms with E-state index >= 15 is 0 Å². The van der Waals surface area contributed by atoms with Crippen molar-refractivity contribution in [3.8, 4) is 0 Å². The molecule has 1 fully saturated rings. The topological polar surface area (TPSA) is 81.8 Å². The van der Waals surface area contributed by atoms with Gasteiger partial charge in [-0.3, -0.25) is 9.69 Å². The maximum Gasteiger partial charge on any atom is 0.251 e. The highest BCUT2D eigenvalue weighted by atomic mass is 32.2. The minimum atomic E-state index is -3.69. The van der Waals surface area contributed by atoms with E-state index in [0.717, 1.165) is 37.6 Å². The van der Waals surface area contributed by atoms with Crippen LogP contribution in [0.3, 0.4) is 0 Å². The van der Waals surface area contributed by atoms with Crippen molar-refractivity contribution >= 4 is 33.0 Å². The first-order valence-corrected chi connectivity index (χ1v) is 13.3. The van der Waals surface area contributed by atoms with Gasteiger partial charge in [0.2, 0.25) is 10.0 Å². The summed E-state index contributed by atoms with van der Waals surface area (Å²) in [7, 11) is -3.69. The van der Waals surface area contributed by atoms with Crippen LogP contribution >= 0.6 is 11.3 Å². The fourth-order valence-electron chi connectivity index (χ4n) is 3.77. The monoisotopic (exact) mass is 484 g/mol. The lowest BCUT2D eigenvalue weighted by Crippen LogP contribution is -2.48. The Morgan fingerprint density at radius 2 is 1.73 bits per heavy atom. The SMILES string of the molecule is O=C(NCCN1CCN(c2ccccc2)CC1)c1cccc(S(=O)(=O)NCc2cccs2)c1. The number of benzene rings is 2. The average Bonchev–Trinajstić information content (AvgIpc) is 3.38. The Bertz CT molecular complexity index is 1140. The molecule has 3 aromatic rings. The van der Waals surface area contributed by atoms with Gasteiger partial charge in [0.1, 0.15) is 0 Å². The number of nitrogens with zero attached hydrogens (tertiary/aromatic N) is 2. The molecule has 0 saturated carbocycles. The van der Waals surface area contributed by atoms with E-state index < -0.39 is 10.0 Å². The Labute approximate surface area is 199 Å². The van der Waals surface area contributed by atoms with Crippen LogP contribution in [0.1, 0.15) is 15.2 Å². The van der Waals surface area contributed by atoms with Crippen molar-refractivity contribution in [3.63, 3.8) is 0 Å². The number of sulfonamides is 1. The molecule has 2 aromatic carbocycles. The molecule has 1 aromatic heterocycles. The fraction of sp³-hybridized carbons (Fsp3) is 0.292. The predicted molar refractivity (Wildman–Crippen MR) is 132 cm³/mol. The number of carbonyl (C=O) groups is 1. The Balaban J connectivity index is 1.24. The number of piperazine rings is 1. The van der Waals surface area contributed by atoms with Gasteiger partial charge in [0.25, 0.3) is 5.91 Å². The lowest BCUT2D eigenvalue weighted by Gasteiger charge is -2.36. The number of carbonyl (C=O) groups excluding carboxylic acids is 1. The van der Waals surface area contributed by atoms with E-state index in [4.69, 9.17) is 0 Å². The summed E-state index contributed by atoms with van der Waals surface area (Å²) in [5.74, 6) is -0.270. The van der Waals surface area contributed by atoms with Crippen molar-refractivity contribution in [2.24, 2.45) is 0 Å². The molecule has 0 radical (unpaired) electrons. The Morgan fingerprint density at radius 3 is 2.45 bits per heavy atom. The quantitative estimate of drug-likeness (QED) is 0.488. The van der Waals surface area contributed by atoms with Crippen LogP contribution in [0.5, 0.6) is 0 Å². The van der Waals surface area contributed by atoms with Crippen LogP contribution in [0.4, 0.5) is 5.69 Å². The van der Waals surface area contributed by atoms with Gasteiger partial charge < -0.3 is 10.2 Å². The average molecular weight is 485 g/mol. The molecular formula is C24H28N4O3S2. The van der Waals surface area contributed by atoms with Crippen molar-refractivity contribution in [1.82, 2.24) is 14.9 Å². The number of rotatable bonds is 9. The van der Waals surface area contributed by atoms with Crippen LogP contribution in [0.25, 0.3) is 0 Å². The van der Waals surface area contributed by atoms with E-state index in [0.29, 0.717) is 12.1 Å². The molecule has 174 valence electrons. The smallest absolute Gasteiger partial charge is 0.251 e. The number of hydrogen-bond acceptors (Lipinski definition) is 6. The van der Waals surface area contributed by atoms with Gasteiger partial charge in [0.15, 0.2) is 0 Å². The number of nitrogens with one attached hydrogen (secondary N) is 2. The highest BCUT2D eigenvalue weighted by Gasteiger charge is 2.18. The van der Waals surface area contributed by atoms with Gasteiger partial charge in [0, 0.05) is 61.9 Å². The summed E-state index contributed by atoms with van der Waals surface area (Å²) in [6.45, 7) is 5.29. The fourth-order valence-corrected chi connectivity index (χ4v) is 5.55. The molecular weight excluding hydrogens is 456 g/mol. The molecule has 0 spiro atoms. The zero-order valence-corrected chi connectivity index (χ0v) is 19.9. The van der Waals surface area contributed by atoms with E-state index in [1.165, 1.54) is 29.2 Å². The standard InChI is InChI=1S/C24H28N4O3S2/c29-24(25-11-12-27-13-15-28(16-14-27)21-7-2-1-3-8-21)20-6-4-10-23(18-20)33(30,31)26-19-22-9-5-17-32-22/h1-10,17-18,26H,11-16,19H2,(H,25,29). The second-order valence-electron chi connectivity index (χ2n) is 7.85. The van der Waals surface area contributed by atoms with E-state index in [1.807, 2.05) is 23.6 Å². The summed E-state index contributed by atoms with van der Waals surface area (Å²) < 4.78 is 27.8. The summed E-state index contributed by atoms with van der Waals surface area (Å²) in [5, 5.41) is 4.81. The number of amides is 1. The van der Waals surface area contributed by atoms with Gasteiger partial charge in [-0.05, 0) is 41.8 Å². The normalized spacial score (nSPS) is 14.8. The van der Waals surface area contributed by atoms with Gasteiger partial charge >= 0.3 is 0 Å². The van der Waals surface area contributed by atoms with Crippen molar-refractivity contribution in [2.75, 3.05) is 44.2 Å².